The number of likely N-dealkylation sites (N-methyl/N-ethyl adjacent to an activating group) is 1. The molecule has 0 saturated carbocycles. The molecule has 0 amide bonds. The summed E-state index contributed by atoms with van der Waals surface area (Å²) in [5, 5.41) is 15.6. The van der Waals surface area contributed by atoms with Crippen molar-refractivity contribution in [2.75, 3.05) is 33.2 Å². The van der Waals surface area contributed by atoms with Crippen LogP contribution >= 0.6 is 11.8 Å². The fraction of sp³-hybridized carbons (Fsp3) is 0.308. The van der Waals surface area contributed by atoms with Gasteiger partial charge in [0.15, 0.2) is 0 Å². The molecule has 0 bridgehead atoms. The summed E-state index contributed by atoms with van der Waals surface area (Å²) in [6.45, 7) is 4.52. The number of piperazine rings is 1. The molecule has 3 aliphatic rings. The number of hydrogen-bond acceptors (Lipinski definition) is 5. The number of benzene rings is 2. The van der Waals surface area contributed by atoms with E-state index in [0.717, 1.165) is 26.2 Å². The number of hydrogen-bond donors (Lipinski definition) is 2. The number of aryl methyl sites for hydroxylation is 2. The number of rotatable bonds is 3. The van der Waals surface area contributed by atoms with Gasteiger partial charge in [0.1, 0.15) is 0 Å². The zero-order valence-corrected chi connectivity index (χ0v) is 19.5. The molecular weight excluding hydrogens is 436 g/mol. The van der Waals surface area contributed by atoms with Gasteiger partial charge in [0, 0.05) is 59.4 Å². The lowest BCUT2D eigenvalue weighted by molar-refractivity contribution is -0.134. The van der Waals surface area contributed by atoms with E-state index in [-0.39, 0.29) is 0 Å². The molecule has 2 aliphatic heterocycles. The number of fused-ring (bicyclic) bond motifs is 3. The van der Waals surface area contributed by atoms with Gasteiger partial charge in [0.2, 0.25) is 0 Å². The van der Waals surface area contributed by atoms with Crippen LogP contribution in [0, 0.1) is 0 Å². The molecule has 172 valence electrons. The summed E-state index contributed by atoms with van der Waals surface area (Å²) in [6.07, 6.45) is 7.35. The largest absolute Gasteiger partial charge is 0.478 e. The molecule has 5 rings (SSSR count). The van der Waals surface area contributed by atoms with Crippen molar-refractivity contribution in [1.29, 1.82) is 0 Å². The zero-order valence-electron chi connectivity index (χ0n) is 18.7. The molecule has 0 aromatic heterocycles. The molecule has 2 N–H and O–H groups in total. The van der Waals surface area contributed by atoms with Crippen LogP contribution in [0.25, 0.3) is 11.8 Å². The van der Waals surface area contributed by atoms with Gasteiger partial charge in [0.25, 0.3) is 0 Å². The Morgan fingerprint density at radius 1 is 0.909 bits per heavy atom. The van der Waals surface area contributed by atoms with E-state index in [1.54, 1.807) is 11.1 Å². The lowest BCUT2D eigenvalue weighted by Crippen LogP contribution is -2.43. The first-order valence-electron chi connectivity index (χ1n) is 11.1. The van der Waals surface area contributed by atoms with Gasteiger partial charge in [0.05, 0.1) is 0 Å². The molecule has 33 heavy (non-hydrogen) atoms. The van der Waals surface area contributed by atoms with E-state index in [9.17, 15) is 9.59 Å². The van der Waals surface area contributed by atoms with Crippen LogP contribution in [0.2, 0.25) is 0 Å². The average molecular weight is 465 g/mol. The SMILES string of the molecule is CN1CCN(C2=Cc3ccccc3Sc3cc4c(cc32)CCC4)CC1.O=C(O)/C=C/C(=O)O. The molecule has 1 saturated heterocycles. The summed E-state index contributed by atoms with van der Waals surface area (Å²) in [5.41, 5.74) is 7.38. The Morgan fingerprint density at radius 3 is 2.21 bits per heavy atom. The Kier molecular flexibility index (Phi) is 7.20. The van der Waals surface area contributed by atoms with Crippen LogP contribution in [0.5, 0.6) is 0 Å². The van der Waals surface area contributed by atoms with Crippen molar-refractivity contribution in [3.63, 3.8) is 0 Å². The minimum atomic E-state index is -1.26. The molecule has 0 radical (unpaired) electrons. The molecule has 0 spiro atoms. The van der Waals surface area contributed by atoms with Crippen molar-refractivity contribution in [3.05, 3.63) is 70.8 Å². The maximum absolute atomic E-state index is 9.55. The molecule has 1 fully saturated rings. The minimum absolute atomic E-state index is 0.558. The van der Waals surface area contributed by atoms with Crippen LogP contribution in [0.3, 0.4) is 0 Å². The Hall–Kier alpha value is -3.03. The number of nitrogens with zero attached hydrogens (tertiary/aromatic N) is 2. The molecule has 7 heteroatoms. The molecular formula is C26H28N2O4S. The van der Waals surface area contributed by atoms with Crippen molar-refractivity contribution < 1.29 is 19.8 Å². The van der Waals surface area contributed by atoms with Gasteiger partial charge >= 0.3 is 11.9 Å². The highest BCUT2D eigenvalue weighted by Gasteiger charge is 2.25. The molecule has 1 aliphatic carbocycles. The first kappa shape index (κ1) is 23.1. The van der Waals surface area contributed by atoms with Crippen molar-refractivity contribution in [2.45, 2.75) is 29.1 Å². The molecule has 0 atom stereocenters. The Morgan fingerprint density at radius 2 is 1.55 bits per heavy atom. The van der Waals surface area contributed by atoms with E-state index >= 15 is 0 Å². The summed E-state index contributed by atoms with van der Waals surface area (Å²) < 4.78 is 0. The van der Waals surface area contributed by atoms with Crippen molar-refractivity contribution in [3.8, 4) is 0 Å². The first-order chi connectivity index (χ1) is 15.9. The monoisotopic (exact) mass is 464 g/mol. The maximum Gasteiger partial charge on any atom is 0.328 e. The topological polar surface area (TPSA) is 81.1 Å². The smallest absolute Gasteiger partial charge is 0.328 e. The molecule has 0 unspecified atom stereocenters. The molecule has 2 aromatic rings. The van der Waals surface area contributed by atoms with Crippen molar-refractivity contribution >= 4 is 35.5 Å². The second-order valence-electron chi connectivity index (χ2n) is 8.44. The highest BCUT2D eigenvalue weighted by molar-refractivity contribution is 7.99. The summed E-state index contributed by atoms with van der Waals surface area (Å²) in [7, 11) is 2.23. The number of carboxylic acid groups (broad SMARTS) is 2. The van der Waals surface area contributed by atoms with Gasteiger partial charge in [-0.2, -0.15) is 0 Å². The third-order valence-corrected chi connectivity index (χ3v) is 7.26. The standard InChI is InChI=1S/C22H24N2S.C4H4O4/c1-23-9-11-24(12-10-23)20-14-18-5-2-3-8-21(18)25-22-15-17-7-4-6-16(17)13-19(20)22;5-3(6)1-2-4(7)8/h2-3,5,8,13-15H,4,6-7,9-12H2,1H3;1-2H,(H,5,6)(H,7,8)/b;2-1+. The summed E-state index contributed by atoms with van der Waals surface area (Å²) in [6, 6.07) is 13.8. The number of aliphatic carboxylic acids is 2. The van der Waals surface area contributed by atoms with E-state index in [1.165, 1.54) is 45.9 Å². The quantitative estimate of drug-likeness (QED) is 0.662. The maximum atomic E-state index is 9.55. The third kappa shape index (κ3) is 5.67. The summed E-state index contributed by atoms with van der Waals surface area (Å²) >= 11 is 1.95. The fourth-order valence-corrected chi connectivity index (χ4v) is 5.48. The van der Waals surface area contributed by atoms with E-state index in [2.05, 4.69) is 59.3 Å². The van der Waals surface area contributed by atoms with Crippen LogP contribution in [-0.2, 0) is 22.4 Å². The number of carboxylic acids is 2. The predicted molar refractivity (Wildman–Crippen MR) is 130 cm³/mol. The van der Waals surface area contributed by atoms with Gasteiger partial charge in [-0.25, -0.2) is 9.59 Å². The van der Waals surface area contributed by atoms with E-state index in [0.29, 0.717) is 12.2 Å². The van der Waals surface area contributed by atoms with Gasteiger partial charge in [-0.3, -0.25) is 0 Å². The van der Waals surface area contributed by atoms with Crippen molar-refractivity contribution in [1.82, 2.24) is 9.80 Å². The third-order valence-electron chi connectivity index (χ3n) is 6.11. The van der Waals surface area contributed by atoms with Gasteiger partial charge in [-0.05, 0) is 67.3 Å². The second kappa shape index (κ2) is 10.3. The lowest BCUT2D eigenvalue weighted by Gasteiger charge is -2.36. The van der Waals surface area contributed by atoms with E-state index in [4.69, 9.17) is 10.2 Å². The second-order valence-corrected chi connectivity index (χ2v) is 9.52. The lowest BCUT2D eigenvalue weighted by atomic mass is 10.0. The Bertz CT molecular complexity index is 1100. The van der Waals surface area contributed by atoms with Crippen molar-refractivity contribution in [2.24, 2.45) is 0 Å². The van der Waals surface area contributed by atoms with Crippen LogP contribution in [0.4, 0.5) is 0 Å². The minimum Gasteiger partial charge on any atom is -0.478 e. The Balaban J connectivity index is 0.000000281. The Labute approximate surface area is 198 Å². The van der Waals surface area contributed by atoms with Gasteiger partial charge < -0.3 is 20.0 Å². The van der Waals surface area contributed by atoms with Crippen LogP contribution in [-0.4, -0.2) is 65.2 Å². The van der Waals surface area contributed by atoms with Crippen LogP contribution < -0.4 is 0 Å². The van der Waals surface area contributed by atoms with E-state index in [1.807, 2.05) is 11.8 Å². The molecule has 6 nitrogen and oxygen atoms in total. The highest BCUT2D eigenvalue weighted by Crippen LogP contribution is 2.43. The van der Waals surface area contributed by atoms with Gasteiger partial charge in [-0.1, -0.05) is 30.0 Å². The summed E-state index contributed by atoms with van der Waals surface area (Å²) in [5.74, 6) is -2.51. The highest BCUT2D eigenvalue weighted by atomic mass is 32.2. The molecule has 2 heterocycles. The fourth-order valence-electron chi connectivity index (χ4n) is 4.37. The summed E-state index contributed by atoms with van der Waals surface area (Å²) in [4.78, 5) is 27.0. The predicted octanol–water partition coefficient (Wildman–Crippen LogP) is 4.10. The van der Waals surface area contributed by atoms with E-state index < -0.39 is 11.9 Å². The first-order valence-corrected chi connectivity index (χ1v) is 11.9. The average Bonchev–Trinajstić information content (AvgIpc) is 3.18. The van der Waals surface area contributed by atoms with Crippen LogP contribution in [0.1, 0.15) is 28.7 Å². The van der Waals surface area contributed by atoms with Crippen LogP contribution in [0.15, 0.2) is 58.3 Å². The van der Waals surface area contributed by atoms with Gasteiger partial charge in [-0.15, -0.1) is 0 Å². The normalized spacial score (nSPS) is 17.2. The molecule has 2 aromatic carbocycles. The zero-order chi connectivity index (χ0) is 23.4. The number of carbonyl (C=O) groups is 2.